The molecular formula is C26H21Cl2N3O3S. The van der Waals surface area contributed by atoms with Crippen LogP contribution in [0.1, 0.15) is 11.1 Å². The Hall–Kier alpha value is -3.26. The van der Waals surface area contributed by atoms with Crippen LogP contribution in [0.15, 0.2) is 77.4 Å². The Kier molecular flexibility index (Phi) is 7.80. The van der Waals surface area contributed by atoms with Gasteiger partial charge in [0, 0.05) is 5.69 Å². The Labute approximate surface area is 217 Å². The fourth-order valence-electron chi connectivity index (χ4n) is 3.38. The summed E-state index contributed by atoms with van der Waals surface area (Å²) in [6.07, 6.45) is 1.72. The average Bonchev–Trinajstić information content (AvgIpc) is 3.15. The lowest BCUT2D eigenvalue weighted by molar-refractivity contribution is -0.114. The predicted octanol–water partition coefficient (Wildman–Crippen LogP) is 6.43. The maximum atomic E-state index is 13.4. The number of benzene rings is 3. The molecule has 35 heavy (non-hydrogen) atoms. The first-order valence-electron chi connectivity index (χ1n) is 10.6. The Bertz CT molecular complexity index is 1340. The van der Waals surface area contributed by atoms with Crippen LogP contribution in [-0.4, -0.2) is 29.8 Å². The van der Waals surface area contributed by atoms with Gasteiger partial charge in [-0.1, -0.05) is 65.3 Å². The van der Waals surface area contributed by atoms with Crippen molar-refractivity contribution in [2.75, 3.05) is 23.1 Å². The van der Waals surface area contributed by atoms with Crippen LogP contribution in [0.4, 0.5) is 11.4 Å². The molecule has 3 aromatic rings. The summed E-state index contributed by atoms with van der Waals surface area (Å²) in [5, 5.41) is 3.96. The number of hydrogen-bond acceptors (Lipinski definition) is 5. The Morgan fingerprint density at radius 1 is 1.09 bits per heavy atom. The molecule has 0 aliphatic carbocycles. The van der Waals surface area contributed by atoms with E-state index in [2.05, 4.69) is 10.3 Å². The average molecular weight is 526 g/mol. The third-order valence-electron chi connectivity index (χ3n) is 5.14. The van der Waals surface area contributed by atoms with E-state index in [0.29, 0.717) is 26.6 Å². The van der Waals surface area contributed by atoms with Crippen LogP contribution in [-0.2, 0) is 9.59 Å². The molecule has 0 unspecified atom stereocenters. The molecule has 178 valence electrons. The normalized spacial score (nSPS) is 14.3. The van der Waals surface area contributed by atoms with Gasteiger partial charge < -0.3 is 10.1 Å². The number of aryl methyl sites for hydroxylation is 1. The van der Waals surface area contributed by atoms with Gasteiger partial charge in [-0.25, -0.2) is 4.99 Å². The largest absolute Gasteiger partial charge is 0.497 e. The van der Waals surface area contributed by atoms with Gasteiger partial charge in [0.05, 0.1) is 28.6 Å². The Morgan fingerprint density at radius 2 is 1.83 bits per heavy atom. The molecule has 9 heteroatoms. The second-order valence-corrected chi connectivity index (χ2v) is 9.35. The topological polar surface area (TPSA) is 71.0 Å². The molecule has 1 aliphatic heterocycles. The number of nitrogens with one attached hydrogen (secondary N) is 1. The number of carbonyl (C=O) groups is 2. The van der Waals surface area contributed by atoms with Crippen LogP contribution in [0.2, 0.25) is 10.0 Å². The van der Waals surface area contributed by atoms with Gasteiger partial charge in [-0.2, -0.15) is 0 Å². The van der Waals surface area contributed by atoms with Crippen molar-refractivity contribution in [3.05, 3.63) is 93.6 Å². The molecule has 1 aliphatic rings. The molecule has 6 nitrogen and oxygen atoms in total. The zero-order chi connectivity index (χ0) is 24.9. The lowest BCUT2D eigenvalue weighted by Crippen LogP contribution is -2.31. The van der Waals surface area contributed by atoms with Gasteiger partial charge in [0.15, 0.2) is 5.17 Å². The van der Waals surface area contributed by atoms with Crippen molar-refractivity contribution < 1.29 is 14.3 Å². The summed E-state index contributed by atoms with van der Waals surface area (Å²) in [6.45, 7) is 1.92. The fraction of sp³-hybridized carbons (Fsp3) is 0.115. The first kappa shape index (κ1) is 24.9. The van der Waals surface area contributed by atoms with Crippen LogP contribution < -0.4 is 15.0 Å². The molecule has 0 radical (unpaired) electrons. The summed E-state index contributed by atoms with van der Waals surface area (Å²) in [7, 11) is 1.60. The minimum Gasteiger partial charge on any atom is -0.497 e. The number of amidine groups is 1. The second-order valence-electron chi connectivity index (χ2n) is 7.59. The third kappa shape index (κ3) is 5.88. The maximum absolute atomic E-state index is 13.4. The summed E-state index contributed by atoms with van der Waals surface area (Å²) < 4.78 is 5.20. The van der Waals surface area contributed by atoms with E-state index in [9.17, 15) is 9.59 Å². The molecule has 3 aromatic carbocycles. The molecule has 1 heterocycles. The molecule has 0 spiro atoms. The van der Waals surface area contributed by atoms with Crippen molar-refractivity contribution in [3.63, 3.8) is 0 Å². The van der Waals surface area contributed by atoms with Gasteiger partial charge in [-0.3, -0.25) is 14.5 Å². The molecule has 0 fully saturated rings. The van der Waals surface area contributed by atoms with E-state index in [-0.39, 0.29) is 23.3 Å². The molecule has 0 saturated carbocycles. The van der Waals surface area contributed by atoms with Crippen molar-refractivity contribution >= 4 is 69.4 Å². The number of methoxy groups -OCH3 is 1. The number of ether oxygens (including phenoxy) is 1. The summed E-state index contributed by atoms with van der Waals surface area (Å²) in [5.41, 5.74) is 3.26. The van der Waals surface area contributed by atoms with Gasteiger partial charge in [0.2, 0.25) is 5.91 Å². The van der Waals surface area contributed by atoms with Gasteiger partial charge >= 0.3 is 0 Å². The monoisotopic (exact) mass is 525 g/mol. The SMILES string of the molecule is COc1ccc(/C=C2/N=C(SCC(=O)Nc3ccc(Cl)c(Cl)c3)N(c3ccccc3C)C2=O)cc1. The van der Waals surface area contributed by atoms with Gasteiger partial charge in [-0.05, 0) is 60.5 Å². The smallest absolute Gasteiger partial charge is 0.283 e. The first-order chi connectivity index (χ1) is 16.9. The lowest BCUT2D eigenvalue weighted by Gasteiger charge is -2.19. The summed E-state index contributed by atoms with van der Waals surface area (Å²) >= 11 is 13.1. The third-order valence-corrected chi connectivity index (χ3v) is 6.82. The molecule has 2 amide bonds. The van der Waals surface area contributed by atoms with Crippen LogP contribution in [0.25, 0.3) is 6.08 Å². The summed E-state index contributed by atoms with van der Waals surface area (Å²) in [6, 6.07) is 19.7. The number of amides is 2. The van der Waals surface area contributed by atoms with E-state index >= 15 is 0 Å². The van der Waals surface area contributed by atoms with E-state index in [1.807, 2.05) is 55.5 Å². The van der Waals surface area contributed by atoms with Crippen molar-refractivity contribution in [2.45, 2.75) is 6.92 Å². The van der Waals surface area contributed by atoms with Crippen molar-refractivity contribution in [3.8, 4) is 5.75 Å². The van der Waals surface area contributed by atoms with E-state index < -0.39 is 0 Å². The minimum atomic E-state index is -0.263. The molecule has 0 bridgehead atoms. The number of thioether (sulfide) groups is 1. The quantitative estimate of drug-likeness (QED) is 0.376. The van der Waals surface area contributed by atoms with Crippen LogP contribution >= 0.6 is 35.0 Å². The van der Waals surface area contributed by atoms with Gasteiger partial charge in [-0.15, -0.1) is 0 Å². The van der Waals surface area contributed by atoms with Crippen LogP contribution in [0.5, 0.6) is 5.75 Å². The minimum absolute atomic E-state index is 0.0462. The number of para-hydroxylation sites is 1. The first-order valence-corrected chi connectivity index (χ1v) is 12.3. The highest BCUT2D eigenvalue weighted by Crippen LogP contribution is 2.32. The van der Waals surface area contributed by atoms with E-state index in [4.69, 9.17) is 27.9 Å². The number of rotatable bonds is 6. The second kappa shape index (κ2) is 11.0. The number of nitrogens with zero attached hydrogens (tertiary/aromatic N) is 2. The Balaban J connectivity index is 1.57. The molecular weight excluding hydrogens is 505 g/mol. The maximum Gasteiger partial charge on any atom is 0.283 e. The number of halogens is 2. The predicted molar refractivity (Wildman–Crippen MR) is 145 cm³/mol. The van der Waals surface area contributed by atoms with E-state index in [1.54, 1.807) is 36.3 Å². The van der Waals surface area contributed by atoms with Crippen molar-refractivity contribution in [1.82, 2.24) is 0 Å². The highest BCUT2D eigenvalue weighted by atomic mass is 35.5. The highest BCUT2D eigenvalue weighted by molar-refractivity contribution is 8.14. The zero-order valence-corrected chi connectivity index (χ0v) is 21.2. The number of hydrogen-bond donors (Lipinski definition) is 1. The summed E-state index contributed by atoms with van der Waals surface area (Å²) in [4.78, 5) is 32.1. The number of carbonyl (C=O) groups excluding carboxylic acids is 2. The fourth-order valence-corrected chi connectivity index (χ4v) is 4.48. The molecule has 0 atom stereocenters. The van der Waals surface area contributed by atoms with Crippen molar-refractivity contribution in [2.24, 2.45) is 4.99 Å². The number of aliphatic imine (C=N–C) groups is 1. The standard InChI is InChI=1S/C26H21Cl2N3O3S/c1-16-5-3-4-6-23(16)31-25(33)22(13-17-7-10-19(34-2)11-8-17)30-26(31)35-15-24(32)29-18-9-12-20(27)21(28)14-18/h3-14H,15H2,1-2H3,(H,29,32)/b22-13+. The van der Waals surface area contributed by atoms with Crippen molar-refractivity contribution in [1.29, 1.82) is 0 Å². The zero-order valence-electron chi connectivity index (χ0n) is 18.9. The van der Waals surface area contributed by atoms with E-state index in [0.717, 1.165) is 16.9 Å². The summed E-state index contributed by atoms with van der Waals surface area (Å²) in [5.74, 6) is 0.243. The molecule has 0 saturated heterocycles. The molecule has 4 rings (SSSR count). The molecule has 1 N–H and O–H groups in total. The number of anilines is 2. The van der Waals surface area contributed by atoms with Crippen LogP contribution in [0.3, 0.4) is 0 Å². The Morgan fingerprint density at radius 3 is 2.51 bits per heavy atom. The van der Waals surface area contributed by atoms with E-state index in [1.165, 1.54) is 11.8 Å². The molecule has 0 aromatic heterocycles. The lowest BCUT2D eigenvalue weighted by atomic mass is 10.1. The van der Waals surface area contributed by atoms with Gasteiger partial charge in [0.25, 0.3) is 5.91 Å². The highest BCUT2D eigenvalue weighted by Gasteiger charge is 2.33. The van der Waals surface area contributed by atoms with Gasteiger partial charge in [0.1, 0.15) is 11.4 Å². The van der Waals surface area contributed by atoms with Crippen LogP contribution in [0, 0.1) is 6.92 Å².